The van der Waals surface area contributed by atoms with Crippen molar-refractivity contribution in [2.45, 2.75) is 13.0 Å². The van der Waals surface area contributed by atoms with Crippen LogP contribution in [0.15, 0.2) is 42.5 Å². The van der Waals surface area contributed by atoms with Gasteiger partial charge < -0.3 is 14.8 Å². The second-order valence-electron chi connectivity index (χ2n) is 5.16. The number of para-hydroxylation sites is 1. The van der Waals surface area contributed by atoms with Crippen molar-refractivity contribution in [1.29, 1.82) is 0 Å². The molecule has 0 aliphatic heterocycles. The molecule has 0 aliphatic carbocycles. The monoisotopic (exact) mass is 365 g/mol. The summed E-state index contributed by atoms with van der Waals surface area (Å²) >= 11 is 5.87. The lowest BCUT2D eigenvalue weighted by Crippen LogP contribution is -2.28. The van der Waals surface area contributed by atoms with Crippen LogP contribution in [-0.2, 0) is 27.3 Å². The summed E-state index contributed by atoms with van der Waals surface area (Å²) in [6.07, 6.45) is 0.00108. The van der Waals surface area contributed by atoms with Gasteiger partial charge in [-0.2, -0.15) is 0 Å². The Labute approximate surface area is 149 Å². The Bertz CT molecular complexity index is 766. The number of ether oxygens (including phenoxy) is 2. The number of rotatable bonds is 7. The molecule has 1 N–H and O–H groups in total. The molecule has 132 valence electrons. The molecule has 25 heavy (non-hydrogen) atoms. The summed E-state index contributed by atoms with van der Waals surface area (Å²) in [5.74, 6) is -0.895. The first-order chi connectivity index (χ1) is 12.0. The van der Waals surface area contributed by atoms with Crippen molar-refractivity contribution in [1.82, 2.24) is 5.32 Å². The molecule has 0 fully saturated rings. The van der Waals surface area contributed by atoms with E-state index in [1.165, 1.54) is 19.2 Å². The maximum Gasteiger partial charge on any atom is 0.310 e. The SMILES string of the molecule is COc1ccccc1CC(=O)OCC(=O)NCc1ccc(F)cc1Cl. The Balaban J connectivity index is 1.78. The van der Waals surface area contributed by atoms with E-state index in [0.29, 0.717) is 16.9 Å². The normalized spacial score (nSPS) is 10.2. The zero-order valence-corrected chi connectivity index (χ0v) is 14.3. The standard InChI is InChI=1S/C18H17ClFNO4/c1-24-16-5-3-2-4-12(16)8-18(23)25-11-17(22)21-10-13-6-7-14(20)9-15(13)19/h2-7,9H,8,10-11H2,1H3,(H,21,22). The number of nitrogens with one attached hydrogen (secondary N) is 1. The molecule has 7 heteroatoms. The molecule has 0 saturated heterocycles. The van der Waals surface area contributed by atoms with E-state index < -0.39 is 24.3 Å². The van der Waals surface area contributed by atoms with Gasteiger partial charge in [-0.05, 0) is 23.8 Å². The number of carbonyl (C=O) groups excluding carboxylic acids is 2. The van der Waals surface area contributed by atoms with E-state index in [9.17, 15) is 14.0 Å². The van der Waals surface area contributed by atoms with Gasteiger partial charge in [0.2, 0.25) is 0 Å². The lowest BCUT2D eigenvalue weighted by atomic mass is 10.1. The Morgan fingerprint density at radius 2 is 1.92 bits per heavy atom. The molecule has 5 nitrogen and oxygen atoms in total. The van der Waals surface area contributed by atoms with Crippen molar-refractivity contribution < 1.29 is 23.5 Å². The summed E-state index contributed by atoms with van der Waals surface area (Å²) in [6.45, 7) is -0.297. The van der Waals surface area contributed by atoms with Crippen molar-refractivity contribution >= 4 is 23.5 Å². The molecule has 0 spiro atoms. The summed E-state index contributed by atoms with van der Waals surface area (Å²) < 4.78 is 23.0. The minimum Gasteiger partial charge on any atom is -0.496 e. The van der Waals surface area contributed by atoms with E-state index in [0.717, 1.165) is 6.07 Å². The summed E-state index contributed by atoms with van der Waals surface area (Å²) in [7, 11) is 1.51. The van der Waals surface area contributed by atoms with Gasteiger partial charge in [-0.3, -0.25) is 9.59 Å². The second-order valence-corrected chi connectivity index (χ2v) is 5.57. The molecule has 0 aromatic heterocycles. The van der Waals surface area contributed by atoms with Gasteiger partial charge in [0.1, 0.15) is 11.6 Å². The fourth-order valence-electron chi connectivity index (χ4n) is 2.11. The molecule has 0 heterocycles. The number of hydrogen-bond acceptors (Lipinski definition) is 4. The second kappa shape index (κ2) is 9.03. The van der Waals surface area contributed by atoms with Gasteiger partial charge in [-0.15, -0.1) is 0 Å². The van der Waals surface area contributed by atoms with Crippen LogP contribution in [-0.4, -0.2) is 25.6 Å². The van der Waals surface area contributed by atoms with E-state index in [1.807, 2.05) is 0 Å². The minimum absolute atomic E-state index is 0.00108. The molecule has 0 aliphatic rings. The number of benzene rings is 2. The Morgan fingerprint density at radius 3 is 2.64 bits per heavy atom. The maximum absolute atomic E-state index is 13.0. The van der Waals surface area contributed by atoms with Gasteiger partial charge in [-0.1, -0.05) is 35.9 Å². The fourth-order valence-corrected chi connectivity index (χ4v) is 2.35. The molecule has 2 aromatic rings. The van der Waals surface area contributed by atoms with Gasteiger partial charge in [0.15, 0.2) is 6.61 Å². The van der Waals surface area contributed by atoms with Crippen LogP contribution in [0.3, 0.4) is 0 Å². The first-order valence-electron chi connectivity index (χ1n) is 7.47. The van der Waals surface area contributed by atoms with Crippen LogP contribution in [0.1, 0.15) is 11.1 Å². The minimum atomic E-state index is -0.542. The molecule has 0 atom stereocenters. The third-order valence-corrected chi connectivity index (χ3v) is 3.73. The van der Waals surface area contributed by atoms with Crippen LogP contribution in [0.25, 0.3) is 0 Å². The summed E-state index contributed by atoms with van der Waals surface area (Å²) in [6, 6.07) is 11.0. The molecule has 0 saturated carbocycles. The summed E-state index contributed by atoms with van der Waals surface area (Å²) in [4.78, 5) is 23.6. The Kier molecular flexibility index (Phi) is 6.77. The van der Waals surface area contributed by atoms with Gasteiger partial charge in [0.05, 0.1) is 13.5 Å². The molecule has 0 radical (unpaired) electrons. The van der Waals surface area contributed by atoms with E-state index in [1.54, 1.807) is 24.3 Å². The number of esters is 1. The first-order valence-corrected chi connectivity index (χ1v) is 7.85. The summed E-state index contributed by atoms with van der Waals surface area (Å²) in [5, 5.41) is 2.77. The third-order valence-electron chi connectivity index (χ3n) is 3.38. The van der Waals surface area contributed by atoms with Crippen molar-refractivity contribution in [3.8, 4) is 5.75 Å². The van der Waals surface area contributed by atoms with Crippen molar-refractivity contribution in [3.05, 3.63) is 64.4 Å². The molecule has 1 amide bonds. The average Bonchev–Trinajstić information content (AvgIpc) is 2.59. The van der Waals surface area contributed by atoms with Crippen LogP contribution in [0.4, 0.5) is 4.39 Å². The zero-order valence-electron chi connectivity index (χ0n) is 13.6. The molecular weight excluding hydrogens is 349 g/mol. The maximum atomic E-state index is 13.0. The van der Waals surface area contributed by atoms with E-state index in [-0.39, 0.29) is 18.0 Å². The number of carbonyl (C=O) groups is 2. The van der Waals surface area contributed by atoms with E-state index >= 15 is 0 Å². The molecule has 2 aromatic carbocycles. The Morgan fingerprint density at radius 1 is 1.16 bits per heavy atom. The largest absolute Gasteiger partial charge is 0.496 e. The van der Waals surface area contributed by atoms with Gasteiger partial charge >= 0.3 is 5.97 Å². The predicted octanol–water partition coefficient (Wildman–Crippen LogP) is 2.89. The molecular formula is C18H17ClFNO4. The van der Waals surface area contributed by atoms with Crippen molar-refractivity contribution in [3.63, 3.8) is 0 Å². The number of hydrogen-bond donors (Lipinski definition) is 1. The topological polar surface area (TPSA) is 64.6 Å². The Hall–Kier alpha value is -2.60. The molecule has 0 unspecified atom stereocenters. The van der Waals surface area contributed by atoms with Gasteiger partial charge in [-0.25, -0.2) is 4.39 Å². The van der Waals surface area contributed by atoms with E-state index in [4.69, 9.17) is 21.1 Å². The highest BCUT2D eigenvalue weighted by molar-refractivity contribution is 6.31. The molecule has 0 bridgehead atoms. The summed E-state index contributed by atoms with van der Waals surface area (Å²) in [5.41, 5.74) is 1.24. The number of methoxy groups -OCH3 is 1. The number of amides is 1. The lowest BCUT2D eigenvalue weighted by Gasteiger charge is -2.09. The highest BCUT2D eigenvalue weighted by Gasteiger charge is 2.12. The van der Waals surface area contributed by atoms with Gasteiger partial charge in [0.25, 0.3) is 5.91 Å². The van der Waals surface area contributed by atoms with Crippen LogP contribution < -0.4 is 10.1 Å². The smallest absolute Gasteiger partial charge is 0.310 e. The number of halogens is 2. The van der Waals surface area contributed by atoms with Crippen molar-refractivity contribution in [2.75, 3.05) is 13.7 Å². The van der Waals surface area contributed by atoms with Crippen LogP contribution in [0, 0.1) is 5.82 Å². The zero-order chi connectivity index (χ0) is 18.2. The highest BCUT2D eigenvalue weighted by Crippen LogP contribution is 2.18. The third kappa shape index (κ3) is 5.76. The van der Waals surface area contributed by atoms with E-state index in [2.05, 4.69) is 5.32 Å². The average molecular weight is 366 g/mol. The quantitative estimate of drug-likeness (QED) is 0.766. The van der Waals surface area contributed by atoms with Crippen LogP contribution >= 0.6 is 11.6 Å². The van der Waals surface area contributed by atoms with Crippen LogP contribution in [0.5, 0.6) is 5.75 Å². The highest BCUT2D eigenvalue weighted by atomic mass is 35.5. The first kappa shape index (κ1) is 18.7. The lowest BCUT2D eigenvalue weighted by molar-refractivity contribution is -0.147. The molecule has 2 rings (SSSR count). The van der Waals surface area contributed by atoms with Crippen LogP contribution in [0.2, 0.25) is 5.02 Å². The predicted molar refractivity (Wildman–Crippen MR) is 90.9 cm³/mol. The van der Waals surface area contributed by atoms with Crippen molar-refractivity contribution in [2.24, 2.45) is 0 Å². The van der Waals surface area contributed by atoms with Gasteiger partial charge in [0, 0.05) is 17.1 Å². The fraction of sp³-hybridized carbons (Fsp3) is 0.222.